The fourth-order valence-corrected chi connectivity index (χ4v) is 2.81. The molecule has 3 aromatic rings. The molecule has 2 N–H and O–H groups in total. The molecule has 0 aliphatic carbocycles. The zero-order valence-corrected chi connectivity index (χ0v) is 14.2. The lowest BCUT2D eigenvalue weighted by atomic mass is 10.00. The summed E-state index contributed by atoms with van der Waals surface area (Å²) in [5.74, 6) is 6.23. The number of rotatable bonds is 4. The van der Waals surface area contributed by atoms with Crippen LogP contribution in [0.4, 0.5) is 0 Å². The molecule has 0 unspecified atom stereocenters. The standard InChI is InChI=1S/C23H21NO/c1-18(22-15-8-12-20-11-4-5-14-23(20)22)24-16-6-2-3-9-19-10-7-13-21(25)17-19/h2,4-8,10-15,17-18,24-25H,16H2,1H3/b6-2+/t18-/m1/s1. The van der Waals surface area contributed by atoms with Crippen LogP contribution >= 0.6 is 0 Å². The number of fused-ring (bicyclic) bond motifs is 1. The monoisotopic (exact) mass is 327 g/mol. The Kier molecular flexibility index (Phi) is 5.51. The van der Waals surface area contributed by atoms with Gasteiger partial charge < -0.3 is 10.4 Å². The lowest BCUT2D eigenvalue weighted by Crippen LogP contribution is -2.18. The van der Waals surface area contributed by atoms with Crippen LogP contribution in [0.1, 0.15) is 24.1 Å². The minimum Gasteiger partial charge on any atom is -0.508 e. The Hall–Kier alpha value is -3.02. The summed E-state index contributed by atoms with van der Waals surface area (Å²) in [5.41, 5.74) is 2.11. The molecule has 0 aliphatic heterocycles. The summed E-state index contributed by atoms with van der Waals surface area (Å²) in [5, 5.41) is 15.5. The lowest BCUT2D eigenvalue weighted by molar-refractivity contribution is 0.475. The molecule has 25 heavy (non-hydrogen) atoms. The van der Waals surface area contributed by atoms with Crippen molar-refractivity contribution in [2.24, 2.45) is 0 Å². The van der Waals surface area contributed by atoms with Crippen molar-refractivity contribution in [3.63, 3.8) is 0 Å². The molecular weight excluding hydrogens is 306 g/mol. The first kappa shape index (κ1) is 16.8. The van der Waals surface area contributed by atoms with Crippen LogP contribution in [0.25, 0.3) is 10.8 Å². The van der Waals surface area contributed by atoms with E-state index in [1.165, 1.54) is 16.3 Å². The highest BCUT2D eigenvalue weighted by molar-refractivity contribution is 5.86. The normalized spacial score (nSPS) is 12.0. The van der Waals surface area contributed by atoms with E-state index in [9.17, 15) is 5.11 Å². The predicted octanol–water partition coefficient (Wildman–Crippen LogP) is 4.80. The molecular formula is C23H21NO. The molecule has 0 radical (unpaired) electrons. The number of allylic oxidation sites excluding steroid dienone is 1. The van der Waals surface area contributed by atoms with E-state index < -0.39 is 0 Å². The predicted molar refractivity (Wildman–Crippen MR) is 104 cm³/mol. The highest BCUT2D eigenvalue weighted by Crippen LogP contribution is 2.23. The summed E-state index contributed by atoms with van der Waals surface area (Å²) < 4.78 is 0. The summed E-state index contributed by atoms with van der Waals surface area (Å²) in [6, 6.07) is 22.1. The molecule has 0 heterocycles. The van der Waals surface area contributed by atoms with E-state index >= 15 is 0 Å². The average Bonchev–Trinajstić information content (AvgIpc) is 2.64. The van der Waals surface area contributed by atoms with Crippen molar-refractivity contribution in [1.82, 2.24) is 5.32 Å². The minimum absolute atomic E-state index is 0.237. The molecule has 0 amide bonds. The maximum atomic E-state index is 9.40. The van der Waals surface area contributed by atoms with Crippen molar-refractivity contribution in [1.29, 1.82) is 0 Å². The number of aromatic hydroxyl groups is 1. The maximum absolute atomic E-state index is 9.40. The lowest BCUT2D eigenvalue weighted by Gasteiger charge is -2.15. The molecule has 0 aromatic heterocycles. The zero-order chi connectivity index (χ0) is 17.5. The van der Waals surface area contributed by atoms with Gasteiger partial charge in [0.05, 0.1) is 0 Å². The first-order chi connectivity index (χ1) is 12.2. The molecule has 0 fully saturated rings. The highest BCUT2D eigenvalue weighted by Gasteiger charge is 2.07. The fourth-order valence-electron chi connectivity index (χ4n) is 2.81. The Balaban J connectivity index is 1.58. The van der Waals surface area contributed by atoms with Crippen LogP contribution in [0.5, 0.6) is 5.75 Å². The first-order valence-electron chi connectivity index (χ1n) is 8.40. The van der Waals surface area contributed by atoms with Gasteiger partial charge in [-0.25, -0.2) is 0 Å². The van der Waals surface area contributed by atoms with Gasteiger partial charge in [-0.3, -0.25) is 0 Å². The molecule has 2 nitrogen and oxygen atoms in total. The Bertz CT molecular complexity index is 941. The van der Waals surface area contributed by atoms with Crippen LogP contribution in [-0.4, -0.2) is 11.7 Å². The summed E-state index contributed by atoms with van der Waals surface area (Å²) in [6.07, 6.45) is 3.85. The van der Waals surface area contributed by atoms with Gasteiger partial charge in [-0.1, -0.05) is 66.4 Å². The third kappa shape index (κ3) is 4.50. The van der Waals surface area contributed by atoms with Gasteiger partial charge in [-0.15, -0.1) is 0 Å². The van der Waals surface area contributed by atoms with Crippen LogP contribution in [0.3, 0.4) is 0 Å². The number of hydrogen-bond donors (Lipinski definition) is 2. The molecule has 0 saturated carbocycles. The largest absolute Gasteiger partial charge is 0.508 e. The fraction of sp³-hybridized carbons (Fsp3) is 0.130. The number of nitrogens with one attached hydrogen (secondary N) is 1. The van der Waals surface area contributed by atoms with Gasteiger partial charge in [0.25, 0.3) is 0 Å². The summed E-state index contributed by atoms with van der Waals surface area (Å²) in [6.45, 7) is 2.92. The molecule has 0 spiro atoms. The summed E-state index contributed by atoms with van der Waals surface area (Å²) in [7, 11) is 0. The van der Waals surface area contributed by atoms with Crippen molar-refractivity contribution >= 4 is 10.8 Å². The minimum atomic E-state index is 0.237. The van der Waals surface area contributed by atoms with E-state index in [-0.39, 0.29) is 11.8 Å². The second-order valence-electron chi connectivity index (χ2n) is 5.92. The van der Waals surface area contributed by atoms with Gasteiger partial charge in [0.2, 0.25) is 0 Å². The van der Waals surface area contributed by atoms with Gasteiger partial charge in [0, 0.05) is 18.2 Å². The van der Waals surface area contributed by atoms with Gasteiger partial charge in [-0.2, -0.15) is 0 Å². The van der Waals surface area contributed by atoms with Gasteiger partial charge in [0.15, 0.2) is 0 Å². The van der Waals surface area contributed by atoms with Crippen molar-refractivity contribution in [3.05, 3.63) is 90.0 Å². The second kappa shape index (κ2) is 8.19. The molecule has 124 valence electrons. The number of benzene rings is 3. The topological polar surface area (TPSA) is 32.3 Å². The van der Waals surface area contributed by atoms with E-state index in [2.05, 4.69) is 66.5 Å². The van der Waals surface area contributed by atoms with Gasteiger partial charge in [0.1, 0.15) is 5.75 Å². The average molecular weight is 327 g/mol. The van der Waals surface area contributed by atoms with Gasteiger partial charge >= 0.3 is 0 Å². The smallest absolute Gasteiger partial charge is 0.116 e. The van der Waals surface area contributed by atoms with Crippen molar-refractivity contribution < 1.29 is 5.11 Å². The Morgan fingerprint density at radius 1 is 1.04 bits per heavy atom. The third-order valence-electron chi connectivity index (χ3n) is 4.10. The van der Waals surface area contributed by atoms with E-state index in [1.807, 2.05) is 18.2 Å². The molecule has 3 rings (SSSR count). The number of phenols is 1. The van der Waals surface area contributed by atoms with E-state index in [0.717, 1.165) is 12.1 Å². The van der Waals surface area contributed by atoms with E-state index in [1.54, 1.807) is 18.2 Å². The van der Waals surface area contributed by atoms with Crippen molar-refractivity contribution in [2.75, 3.05) is 6.54 Å². The maximum Gasteiger partial charge on any atom is 0.116 e. The molecule has 0 saturated heterocycles. The molecule has 1 atom stereocenters. The van der Waals surface area contributed by atoms with Crippen molar-refractivity contribution in [2.45, 2.75) is 13.0 Å². The first-order valence-corrected chi connectivity index (χ1v) is 8.40. The Morgan fingerprint density at radius 2 is 1.84 bits per heavy atom. The Labute approximate surface area is 148 Å². The SMILES string of the molecule is C[C@@H](NC/C=C/C#Cc1cccc(O)c1)c1cccc2ccccc12. The second-order valence-corrected chi connectivity index (χ2v) is 5.92. The molecule has 2 heteroatoms. The zero-order valence-electron chi connectivity index (χ0n) is 14.2. The molecule has 0 bridgehead atoms. The van der Waals surface area contributed by atoms with Crippen molar-refractivity contribution in [3.8, 4) is 17.6 Å². The van der Waals surface area contributed by atoms with Gasteiger partial charge in [-0.05, 0) is 47.5 Å². The van der Waals surface area contributed by atoms with Crippen LogP contribution in [0.2, 0.25) is 0 Å². The molecule has 3 aromatic carbocycles. The summed E-state index contributed by atoms with van der Waals surface area (Å²) in [4.78, 5) is 0. The van der Waals surface area contributed by atoms with E-state index in [4.69, 9.17) is 0 Å². The Morgan fingerprint density at radius 3 is 2.72 bits per heavy atom. The summed E-state index contributed by atoms with van der Waals surface area (Å²) >= 11 is 0. The van der Waals surface area contributed by atoms with Crippen LogP contribution in [0.15, 0.2) is 78.9 Å². The quantitative estimate of drug-likeness (QED) is 0.674. The van der Waals surface area contributed by atoms with E-state index in [0.29, 0.717) is 0 Å². The third-order valence-corrected chi connectivity index (χ3v) is 4.10. The number of hydrogen-bond acceptors (Lipinski definition) is 2. The molecule has 0 aliphatic rings. The van der Waals surface area contributed by atoms with Crippen LogP contribution in [0, 0.1) is 11.8 Å². The van der Waals surface area contributed by atoms with Crippen LogP contribution in [-0.2, 0) is 0 Å². The van der Waals surface area contributed by atoms with Crippen LogP contribution < -0.4 is 5.32 Å². The number of phenolic OH excluding ortho intramolecular Hbond substituents is 1. The highest BCUT2D eigenvalue weighted by atomic mass is 16.3.